The summed E-state index contributed by atoms with van der Waals surface area (Å²) in [6.07, 6.45) is 14.3. The Kier molecular flexibility index (Phi) is 7.78. The Morgan fingerprint density at radius 3 is 2.41 bits per heavy atom. The standard InChI is InChI=1S/C15H26O2/c1-2-11-14-12-9-7-5-3-4-6-8-10-13-15(16)17-14/h12H,2-11,13H2,1H3. The van der Waals surface area contributed by atoms with Crippen molar-refractivity contribution in [1.29, 1.82) is 0 Å². The highest BCUT2D eigenvalue weighted by Crippen LogP contribution is 2.16. The molecule has 0 aliphatic carbocycles. The third kappa shape index (κ3) is 7.19. The third-order valence-electron chi connectivity index (χ3n) is 3.20. The molecule has 17 heavy (non-hydrogen) atoms. The number of hydrogen-bond donors (Lipinski definition) is 0. The molecule has 0 fully saturated rings. The molecule has 2 heteroatoms. The second-order valence-corrected chi connectivity index (χ2v) is 4.91. The predicted molar refractivity (Wildman–Crippen MR) is 70.6 cm³/mol. The van der Waals surface area contributed by atoms with Crippen LogP contribution in [0, 0.1) is 0 Å². The van der Waals surface area contributed by atoms with Crippen molar-refractivity contribution >= 4 is 5.97 Å². The quantitative estimate of drug-likeness (QED) is 0.650. The minimum absolute atomic E-state index is 0.0380. The predicted octanol–water partition coefficient (Wildman–Crippen LogP) is 4.74. The van der Waals surface area contributed by atoms with Gasteiger partial charge in [-0.25, -0.2) is 0 Å². The molecule has 0 radical (unpaired) electrons. The van der Waals surface area contributed by atoms with Crippen molar-refractivity contribution in [1.82, 2.24) is 0 Å². The molecule has 0 aromatic carbocycles. The van der Waals surface area contributed by atoms with E-state index in [2.05, 4.69) is 13.0 Å². The normalized spacial score (nSPS) is 20.5. The minimum Gasteiger partial charge on any atom is -0.431 e. The van der Waals surface area contributed by atoms with Crippen molar-refractivity contribution < 1.29 is 9.53 Å². The first-order valence-corrected chi connectivity index (χ1v) is 7.22. The number of carbonyl (C=O) groups is 1. The number of ether oxygens (including phenoxy) is 1. The molecule has 0 unspecified atom stereocenters. The molecule has 2 nitrogen and oxygen atoms in total. The summed E-state index contributed by atoms with van der Waals surface area (Å²) in [6.45, 7) is 2.12. The van der Waals surface area contributed by atoms with Gasteiger partial charge in [-0.3, -0.25) is 4.79 Å². The summed E-state index contributed by atoms with van der Waals surface area (Å²) in [5, 5.41) is 0. The first-order valence-electron chi connectivity index (χ1n) is 7.22. The van der Waals surface area contributed by atoms with Gasteiger partial charge in [0.15, 0.2) is 0 Å². The van der Waals surface area contributed by atoms with Gasteiger partial charge in [-0.1, -0.05) is 39.0 Å². The highest BCUT2D eigenvalue weighted by molar-refractivity contribution is 5.70. The minimum atomic E-state index is -0.0380. The number of carbonyl (C=O) groups excluding carboxylic acids is 1. The van der Waals surface area contributed by atoms with Crippen LogP contribution < -0.4 is 0 Å². The Labute approximate surface area is 105 Å². The molecular formula is C15H26O2. The van der Waals surface area contributed by atoms with Gasteiger partial charge in [-0.15, -0.1) is 0 Å². The zero-order valence-electron chi connectivity index (χ0n) is 11.2. The van der Waals surface area contributed by atoms with E-state index in [1.165, 1.54) is 38.5 Å². The van der Waals surface area contributed by atoms with E-state index in [0.717, 1.165) is 31.4 Å². The molecule has 0 saturated carbocycles. The zero-order chi connectivity index (χ0) is 12.3. The summed E-state index contributed by atoms with van der Waals surface area (Å²) in [7, 11) is 0. The van der Waals surface area contributed by atoms with Gasteiger partial charge < -0.3 is 4.74 Å². The van der Waals surface area contributed by atoms with Gasteiger partial charge in [0.25, 0.3) is 0 Å². The molecule has 0 N–H and O–H groups in total. The zero-order valence-corrected chi connectivity index (χ0v) is 11.2. The van der Waals surface area contributed by atoms with Gasteiger partial charge in [0.2, 0.25) is 0 Å². The summed E-state index contributed by atoms with van der Waals surface area (Å²) < 4.78 is 5.43. The van der Waals surface area contributed by atoms with Crippen LogP contribution in [-0.2, 0) is 9.53 Å². The van der Waals surface area contributed by atoms with Crippen LogP contribution in [0.1, 0.15) is 77.6 Å². The van der Waals surface area contributed by atoms with E-state index < -0.39 is 0 Å². The molecule has 0 saturated heterocycles. The average molecular weight is 238 g/mol. The molecule has 0 spiro atoms. The molecule has 0 amide bonds. The molecule has 98 valence electrons. The van der Waals surface area contributed by atoms with Gasteiger partial charge in [0.05, 0.1) is 0 Å². The van der Waals surface area contributed by atoms with Crippen molar-refractivity contribution in [3.8, 4) is 0 Å². The van der Waals surface area contributed by atoms with Gasteiger partial charge >= 0.3 is 5.97 Å². The number of esters is 1. The molecule has 1 aliphatic rings. The summed E-state index contributed by atoms with van der Waals surface area (Å²) in [4.78, 5) is 11.6. The molecule has 1 rings (SSSR count). The maximum absolute atomic E-state index is 11.6. The Morgan fingerprint density at radius 1 is 1.06 bits per heavy atom. The lowest BCUT2D eigenvalue weighted by molar-refractivity contribution is -0.139. The number of hydrogen-bond acceptors (Lipinski definition) is 2. The summed E-state index contributed by atoms with van der Waals surface area (Å²) in [5.41, 5.74) is 0. The van der Waals surface area contributed by atoms with Crippen molar-refractivity contribution in [2.24, 2.45) is 0 Å². The highest BCUT2D eigenvalue weighted by Gasteiger charge is 2.07. The van der Waals surface area contributed by atoms with E-state index in [1.807, 2.05) is 0 Å². The van der Waals surface area contributed by atoms with E-state index in [1.54, 1.807) is 0 Å². The number of cyclic esters (lactones) is 1. The fourth-order valence-electron chi connectivity index (χ4n) is 2.20. The largest absolute Gasteiger partial charge is 0.431 e. The van der Waals surface area contributed by atoms with Gasteiger partial charge in [-0.2, -0.15) is 0 Å². The molecule has 0 aromatic rings. The van der Waals surface area contributed by atoms with Crippen LogP contribution in [0.5, 0.6) is 0 Å². The first kappa shape index (κ1) is 14.3. The molecule has 1 heterocycles. The second kappa shape index (κ2) is 9.26. The Morgan fingerprint density at radius 2 is 1.71 bits per heavy atom. The summed E-state index contributed by atoms with van der Waals surface area (Å²) >= 11 is 0. The SMILES string of the molecule is CCCC1=CCCCCCCCCCC(=O)O1. The highest BCUT2D eigenvalue weighted by atomic mass is 16.5. The van der Waals surface area contributed by atoms with E-state index in [-0.39, 0.29) is 5.97 Å². The fraction of sp³-hybridized carbons (Fsp3) is 0.800. The molecule has 0 atom stereocenters. The van der Waals surface area contributed by atoms with Crippen LogP contribution in [0.3, 0.4) is 0 Å². The maximum Gasteiger partial charge on any atom is 0.310 e. The second-order valence-electron chi connectivity index (χ2n) is 4.91. The van der Waals surface area contributed by atoms with Crippen LogP contribution in [-0.4, -0.2) is 5.97 Å². The van der Waals surface area contributed by atoms with Crippen LogP contribution >= 0.6 is 0 Å². The topological polar surface area (TPSA) is 26.3 Å². The lowest BCUT2D eigenvalue weighted by Gasteiger charge is -2.07. The Bertz CT molecular complexity index is 243. The first-order chi connectivity index (χ1) is 8.33. The van der Waals surface area contributed by atoms with Crippen molar-refractivity contribution in [3.05, 3.63) is 11.8 Å². The van der Waals surface area contributed by atoms with Crippen molar-refractivity contribution in [2.45, 2.75) is 77.6 Å². The molecule has 1 aliphatic heterocycles. The van der Waals surface area contributed by atoms with Crippen LogP contribution in [0.15, 0.2) is 11.8 Å². The number of rotatable bonds is 2. The van der Waals surface area contributed by atoms with E-state index in [4.69, 9.17) is 4.74 Å². The van der Waals surface area contributed by atoms with Crippen LogP contribution in [0.25, 0.3) is 0 Å². The van der Waals surface area contributed by atoms with Gasteiger partial charge in [0, 0.05) is 12.8 Å². The van der Waals surface area contributed by atoms with Crippen LogP contribution in [0.4, 0.5) is 0 Å². The van der Waals surface area contributed by atoms with E-state index in [0.29, 0.717) is 6.42 Å². The molecular weight excluding hydrogens is 212 g/mol. The Balaban J connectivity index is 2.46. The molecule has 0 bridgehead atoms. The van der Waals surface area contributed by atoms with Crippen molar-refractivity contribution in [3.63, 3.8) is 0 Å². The van der Waals surface area contributed by atoms with Crippen molar-refractivity contribution in [2.75, 3.05) is 0 Å². The van der Waals surface area contributed by atoms with Gasteiger partial charge in [0.1, 0.15) is 5.76 Å². The van der Waals surface area contributed by atoms with E-state index in [9.17, 15) is 4.79 Å². The third-order valence-corrected chi connectivity index (χ3v) is 3.20. The smallest absolute Gasteiger partial charge is 0.310 e. The van der Waals surface area contributed by atoms with Crippen LogP contribution in [0.2, 0.25) is 0 Å². The summed E-state index contributed by atoms with van der Waals surface area (Å²) in [5.74, 6) is 0.862. The fourth-order valence-corrected chi connectivity index (χ4v) is 2.20. The summed E-state index contributed by atoms with van der Waals surface area (Å²) in [6, 6.07) is 0. The Hall–Kier alpha value is -0.790. The average Bonchev–Trinajstić information content (AvgIpc) is 2.32. The molecule has 0 aromatic heterocycles. The maximum atomic E-state index is 11.6. The van der Waals surface area contributed by atoms with Gasteiger partial charge in [-0.05, 0) is 31.8 Å². The lowest BCUT2D eigenvalue weighted by Crippen LogP contribution is -2.04. The van der Waals surface area contributed by atoms with E-state index >= 15 is 0 Å². The lowest BCUT2D eigenvalue weighted by atomic mass is 10.1. The monoisotopic (exact) mass is 238 g/mol. The number of allylic oxidation sites excluding steroid dienone is 2.